The SMILES string of the molecule is COC(=O)C1=C(C(=O)OC)N(c2ccc(OC)c(F)c2OC)COC1. The third kappa shape index (κ3) is 3.36. The summed E-state index contributed by atoms with van der Waals surface area (Å²) < 4.78 is 39.3. The maximum Gasteiger partial charge on any atom is 0.355 e. The second kappa shape index (κ2) is 7.84. The molecule has 1 aromatic rings. The third-order valence-electron chi connectivity index (χ3n) is 3.59. The van der Waals surface area contributed by atoms with Crippen molar-refractivity contribution in [3.8, 4) is 11.5 Å². The van der Waals surface area contributed by atoms with Crippen LogP contribution in [-0.4, -0.2) is 53.7 Å². The monoisotopic (exact) mass is 355 g/mol. The van der Waals surface area contributed by atoms with E-state index in [2.05, 4.69) is 4.74 Å². The summed E-state index contributed by atoms with van der Waals surface area (Å²) in [5, 5.41) is 0. The van der Waals surface area contributed by atoms with E-state index in [-0.39, 0.29) is 41.8 Å². The van der Waals surface area contributed by atoms with Crippen molar-refractivity contribution in [1.29, 1.82) is 0 Å². The lowest BCUT2D eigenvalue weighted by atomic mass is 10.1. The highest BCUT2D eigenvalue weighted by atomic mass is 19.1. The van der Waals surface area contributed by atoms with E-state index >= 15 is 0 Å². The number of hydrogen-bond donors (Lipinski definition) is 0. The highest BCUT2D eigenvalue weighted by molar-refractivity contribution is 6.03. The van der Waals surface area contributed by atoms with Crippen LogP contribution in [0.1, 0.15) is 0 Å². The molecule has 0 unspecified atom stereocenters. The largest absolute Gasteiger partial charge is 0.494 e. The zero-order valence-corrected chi connectivity index (χ0v) is 14.3. The van der Waals surface area contributed by atoms with Crippen LogP contribution in [0.4, 0.5) is 10.1 Å². The van der Waals surface area contributed by atoms with Crippen LogP contribution in [0.15, 0.2) is 23.4 Å². The van der Waals surface area contributed by atoms with Gasteiger partial charge >= 0.3 is 11.9 Å². The van der Waals surface area contributed by atoms with E-state index in [9.17, 15) is 14.0 Å². The Kier molecular flexibility index (Phi) is 5.81. The number of carbonyl (C=O) groups is 2. The normalized spacial score (nSPS) is 14.2. The van der Waals surface area contributed by atoms with E-state index in [1.807, 2.05) is 0 Å². The molecule has 2 rings (SSSR count). The molecule has 0 bridgehead atoms. The van der Waals surface area contributed by atoms with Crippen molar-refractivity contribution in [2.45, 2.75) is 0 Å². The summed E-state index contributed by atoms with van der Waals surface area (Å²) in [6.45, 7) is -0.262. The van der Waals surface area contributed by atoms with Crippen LogP contribution in [0.2, 0.25) is 0 Å². The molecule has 1 aliphatic rings. The summed E-state index contributed by atoms with van der Waals surface area (Å²) in [7, 11) is 4.94. The fourth-order valence-electron chi connectivity index (χ4n) is 2.43. The number of carbonyl (C=O) groups excluding carboxylic acids is 2. The average molecular weight is 355 g/mol. The Morgan fingerprint density at radius 1 is 1.08 bits per heavy atom. The summed E-state index contributed by atoms with van der Waals surface area (Å²) >= 11 is 0. The number of esters is 2. The molecule has 9 heteroatoms. The fourth-order valence-corrected chi connectivity index (χ4v) is 2.43. The Balaban J connectivity index is 2.66. The average Bonchev–Trinajstić information content (AvgIpc) is 2.65. The predicted octanol–water partition coefficient (Wildman–Crippen LogP) is 1.24. The molecule has 0 aromatic heterocycles. The minimum Gasteiger partial charge on any atom is -0.494 e. The van der Waals surface area contributed by atoms with Gasteiger partial charge in [0.2, 0.25) is 5.82 Å². The Labute approximate surface area is 143 Å². The first kappa shape index (κ1) is 18.5. The number of methoxy groups -OCH3 is 4. The quantitative estimate of drug-likeness (QED) is 0.730. The van der Waals surface area contributed by atoms with E-state index in [1.165, 1.54) is 45.5 Å². The van der Waals surface area contributed by atoms with Gasteiger partial charge in [0.1, 0.15) is 12.4 Å². The molecule has 0 fully saturated rings. The predicted molar refractivity (Wildman–Crippen MR) is 83.9 cm³/mol. The summed E-state index contributed by atoms with van der Waals surface area (Å²) in [5.74, 6) is -2.50. The first-order chi connectivity index (χ1) is 12.0. The van der Waals surface area contributed by atoms with Crippen LogP contribution in [0.25, 0.3) is 0 Å². The molecule has 25 heavy (non-hydrogen) atoms. The summed E-state index contributed by atoms with van der Waals surface area (Å²) in [6, 6.07) is 2.85. The topological polar surface area (TPSA) is 83.5 Å². The standard InChI is InChI=1S/C16H18FNO7/c1-21-11-6-5-10(14(22-2)12(11)17)18-8-25-7-9(15(19)23-3)13(18)16(20)24-4/h5-6H,7-8H2,1-4H3. The first-order valence-electron chi connectivity index (χ1n) is 7.15. The van der Waals surface area contributed by atoms with Crippen molar-refractivity contribution < 1.29 is 37.7 Å². The second-order valence-corrected chi connectivity index (χ2v) is 4.85. The van der Waals surface area contributed by atoms with Gasteiger partial charge in [-0.2, -0.15) is 4.39 Å². The number of halogens is 1. The zero-order chi connectivity index (χ0) is 18.6. The van der Waals surface area contributed by atoms with Crippen molar-refractivity contribution in [3.05, 3.63) is 29.2 Å². The minimum absolute atomic E-state index is 0.0321. The Bertz CT molecular complexity index is 717. The molecule has 136 valence electrons. The van der Waals surface area contributed by atoms with E-state index in [0.717, 1.165) is 0 Å². The molecule has 0 atom stereocenters. The number of hydrogen-bond acceptors (Lipinski definition) is 8. The maximum atomic E-state index is 14.5. The lowest BCUT2D eigenvalue weighted by Gasteiger charge is -2.32. The van der Waals surface area contributed by atoms with Crippen LogP contribution in [0.5, 0.6) is 11.5 Å². The van der Waals surface area contributed by atoms with E-state index in [1.54, 1.807) is 0 Å². The summed E-state index contributed by atoms with van der Waals surface area (Å²) in [5.41, 5.74) is 0.0182. The molecule has 0 spiro atoms. The summed E-state index contributed by atoms with van der Waals surface area (Å²) in [4.78, 5) is 25.5. The fraction of sp³-hybridized carbons (Fsp3) is 0.375. The highest BCUT2D eigenvalue weighted by Crippen LogP contribution is 2.39. The van der Waals surface area contributed by atoms with Gasteiger partial charge in [-0.1, -0.05) is 0 Å². The first-order valence-corrected chi connectivity index (χ1v) is 7.15. The van der Waals surface area contributed by atoms with Crippen LogP contribution < -0.4 is 14.4 Å². The minimum atomic E-state index is -0.790. The number of benzene rings is 1. The van der Waals surface area contributed by atoms with Gasteiger partial charge in [-0.25, -0.2) is 9.59 Å². The molecule has 0 N–H and O–H groups in total. The summed E-state index contributed by atoms with van der Waals surface area (Å²) in [6.07, 6.45) is 0. The lowest BCUT2D eigenvalue weighted by molar-refractivity contribution is -0.140. The van der Waals surface area contributed by atoms with Crippen molar-refractivity contribution in [2.24, 2.45) is 0 Å². The Hall–Kier alpha value is -2.81. The molecular weight excluding hydrogens is 337 g/mol. The van der Waals surface area contributed by atoms with Gasteiger partial charge in [-0.3, -0.25) is 0 Å². The van der Waals surface area contributed by atoms with Gasteiger partial charge in [0, 0.05) is 0 Å². The van der Waals surface area contributed by atoms with Gasteiger partial charge in [-0.15, -0.1) is 0 Å². The van der Waals surface area contributed by atoms with Gasteiger partial charge in [-0.05, 0) is 12.1 Å². The van der Waals surface area contributed by atoms with E-state index in [4.69, 9.17) is 18.9 Å². The molecule has 1 aliphatic heterocycles. The van der Waals surface area contributed by atoms with Crippen molar-refractivity contribution >= 4 is 17.6 Å². The van der Waals surface area contributed by atoms with Crippen LogP contribution in [0, 0.1) is 5.82 Å². The van der Waals surface area contributed by atoms with Crippen molar-refractivity contribution in [3.63, 3.8) is 0 Å². The third-order valence-corrected chi connectivity index (χ3v) is 3.59. The molecule has 0 amide bonds. The lowest BCUT2D eigenvalue weighted by Crippen LogP contribution is -2.39. The molecule has 1 aromatic carbocycles. The Morgan fingerprint density at radius 3 is 2.32 bits per heavy atom. The molecule has 0 saturated carbocycles. The molecule has 0 saturated heterocycles. The zero-order valence-electron chi connectivity index (χ0n) is 14.3. The number of nitrogens with zero attached hydrogens (tertiary/aromatic N) is 1. The van der Waals surface area contributed by atoms with Crippen LogP contribution >= 0.6 is 0 Å². The molecule has 0 radical (unpaired) electrons. The maximum absolute atomic E-state index is 14.5. The number of ether oxygens (including phenoxy) is 5. The smallest absolute Gasteiger partial charge is 0.355 e. The van der Waals surface area contributed by atoms with Crippen molar-refractivity contribution in [1.82, 2.24) is 0 Å². The van der Waals surface area contributed by atoms with Gasteiger partial charge < -0.3 is 28.6 Å². The van der Waals surface area contributed by atoms with Crippen LogP contribution in [0.3, 0.4) is 0 Å². The second-order valence-electron chi connectivity index (χ2n) is 4.85. The van der Waals surface area contributed by atoms with Crippen LogP contribution in [-0.2, 0) is 23.8 Å². The molecule has 0 aliphatic carbocycles. The molecule has 8 nitrogen and oxygen atoms in total. The van der Waals surface area contributed by atoms with Gasteiger partial charge in [0.05, 0.1) is 46.3 Å². The van der Waals surface area contributed by atoms with Crippen molar-refractivity contribution in [2.75, 3.05) is 46.7 Å². The van der Waals surface area contributed by atoms with E-state index < -0.39 is 17.8 Å². The number of rotatable bonds is 5. The van der Waals surface area contributed by atoms with E-state index in [0.29, 0.717) is 0 Å². The highest BCUT2D eigenvalue weighted by Gasteiger charge is 2.34. The van der Waals surface area contributed by atoms with Gasteiger partial charge in [0.15, 0.2) is 11.5 Å². The molecule has 1 heterocycles. The molecular formula is C16H18FNO7. The Morgan fingerprint density at radius 2 is 1.76 bits per heavy atom. The number of anilines is 1. The van der Waals surface area contributed by atoms with Gasteiger partial charge in [0.25, 0.3) is 0 Å².